The zero-order chi connectivity index (χ0) is 23.2. The van der Waals surface area contributed by atoms with E-state index in [4.69, 9.17) is 12.9 Å². The van der Waals surface area contributed by atoms with E-state index >= 15 is 0 Å². The molecule has 0 amide bonds. The smallest absolute Gasteiger partial charge is 0.387 e. The van der Waals surface area contributed by atoms with Gasteiger partial charge in [0.1, 0.15) is 11.2 Å². The Balaban J connectivity index is 1.65. The van der Waals surface area contributed by atoms with Crippen LogP contribution in [0.1, 0.15) is 40.0 Å². The third kappa shape index (κ3) is 3.82. The van der Waals surface area contributed by atoms with Crippen molar-refractivity contribution in [2.45, 2.75) is 46.1 Å². The normalized spacial score (nSPS) is 21.1. The van der Waals surface area contributed by atoms with E-state index in [0.717, 1.165) is 28.4 Å². The Kier molecular flexibility index (Phi) is 5.63. The summed E-state index contributed by atoms with van der Waals surface area (Å²) in [5.41, 5.74) is 1.68. The third-order valence-corrected chi connectivity index (χ3v) is 8.69. The highest BCUT2D eigenvalue weighted by Crippen LogP contribution is 2.43. The summed E-state index contributed by atoms with van der Waals surface area (Å²) in [6.07, 6.45) is 3.69. The third-order valence-electron chi connectivity index (χ3n) is 7.56. The average Bonchev–Trinajstić information content (AvgIpc) is 3.00. The summed E-state index contributed by atoms with van der Waals surface area (Å²) in [6.45, 7) is 6.95. The van der Waals surface area contributed by atoms with Gasteiger partial charge in [-0.2, -0.15) is 0 Å². The molecule has 0 radical (unpaired) electrons. The van der Waals surface area contributed by atoms with Crippen LogP contribution in [0.4, 0.5) is 0 Å². The Morgan fingerprint density at radius 1 is 0.765 bits per heavy atom. The molecule has 6 rings (SSSR count). The van der Waals surface area contributed by atoms with E-state index in [1.165, 1.54) is 34.4 Å². The van der Waals surface area contributed by atoms with Crippen LogP contribution >= 0.6 is 8.24 Å². The Hall–Kier alpha value is -2.74. The molecule has 1 heterocycles. The Labute approximate surface area is 201 Å². The molecule has 1 fully saturated rings. The highest BCUT2D eigenvalue weighted by Gasteiger charge is 2.33. The molecule has 4 heteroatoms. The molecule has 1 aliphatic carbocycles. The molecule has 0 N–H and O–H groups in total. The van der Waals surface area contributed by atoms with Crippen molar-refractivity contribution in [3.05, 3.63) is 72.8 Å². The van der Waals surface area contributed by atoms with Crippen molar-refractivity contribution in [1.82, 2.24) is 0 Å². The van der Waals surface area contributed by atoms with Crippen LogP contribution in [0.25, 0.3) is 43.5 Å². The Morgan fingerprint density at radius 2 is 1.32 bits per heavy atom. The first-order valence-corrected chi connectivity index (χ1v) is 13.5. The van der Waals surface area contributed by atoms with Gasteiger partial charge in [0.2, 0.25) is 0 Å². The van der Waals surface area contributed by atoms with Crippen molar-refractivity contribution in [1.29, 1.82) is 0 Å². The van der Waals surface area contributed by atoms with E-state index in [1.54, 1.807) is 0 Å². The van der Waals surface area contributed by atoms with E-state index < -0.39 is 8.24 Å². The molecular weight excluding hydrogens is 439 g/mol. The number of rotatable bonds is 3. The van der Waals surface area contributed by atoms with Gasteiger partial charge in [0.25, 0.3) is 0 Å². The van der Waals surface area contributed by atoms with E-state index in [2.05, 4.69) is 93.6 Å². The minimum Gasteiger partial charge on any atom is -0.399 e. The van der Waals surface area contributed by atoms with Gasteiger partial charge < -0.3 is 8.39 Å². The number of fused-ring (bicyclic) bond motifs is 7. The maximum atomic E-state index is 6.71. The monoisotopic (exact) mass is 470 g/mol. The van der Waals surface area contributed by atoms with Crippen molar-refractivity contribution >= 4 is 51.7 Å². The SMILES string of the molecule is CC(C)[C@H]1CC[C@@H](C)C[C@@H]1Op1oc2ccc3ccccc3c2c2c(ccc3ccccc32)o1. The summed E-state index contributed by atoms with van der Waals surface area (Å²) in [6, 6.07) is 25.5. The minimum atomic E-state index is -1.58. The van der Waals surface area contributed by atoms with Crippen LogP contribution in [-0.4, -0.2) is 6.10 Å². The predicted octanol–water partition coefficient (Wildman–Crippen LogP) is 9.49. The Morgan fingerprint density at radius 3 is 1.88 bits per heavy atom. The molecule has 0 spiro atoms. The molecule has 0 unspecified atom stereocenters. The van der Waals surface area contributed by atoms with E-state index in [-0.39, 0.29) is 6.10 Å². The summed E-state index contributed by atoms with van der Waals surface area (Å²) < 4.78 is 19.9. The van der Waals surface area contributed by atoms with Gasteiger partial charge in [0, 0.05) is 10.8 Å². The first-order valence-electron chi connectivity index (χ1n) is 12.4. The molecule has 34 heavy (non-hydrogen) atoms. The average molecular weight is 471 g/mol. The van der Waals surface area contributed by atoms with Crippen LogP contribution in [0.15, 0.2) is 81.2 Å². The number of benzene rings is 4. The molecule has 4 aromatic carbocycles. The van der Waals surface area contributed by atoms with Crippen molar-refractivity contribution < 1.29 is 12.9 Å². The van der Waals surface area contributed by atoms with Crippen LogP contribution in [-0.2, 0) is 0 Å². The molecular formula is C30H31O3P. The first-order chi connectivity index (χ1) is 16.6. The van der Waals surface area contributed by atoms with Crippen LogP contribution in [0.3, 0.4) is 0 Å². The van der Waals surface area contributed by atoms with Gasteiger partial charge in [-0.15, -0.1) is 0 Å². The second-order valence-corrected chi connectivity index (χ2v) is 11.2. The second kappa shape index (κ2) is 8.80. The van der Waals surface area contributed by atoms with Gasteiger partial charge in [-0.25, -0.2) is 0 Å². The van der Waals surface area contributed by atoms with Gasteiger partial charge >= 0.3 is 8.24 Å². The van der Waals surface area contributed by atoms with E-state index in [1.807, 2.05) is 0 Å². The van der Waals surface area contributed by atoms with Gasteiger partial charge in [0.15, 0.2) is 0 Å². The van der Waals surface area contributed by atoms with Gasteiger partial charge in [-0.05, 0) is 64.3 Å². The fraction of sp³-hybridized carbons (Fsp3) is 0.333. The summed E-state index contributed by atoms with van der Waals surface area (Å²) in [5.74, 6) is 1.77. The van der Waals surface area contributed by atoms with Crippen molar-refractivity contribution in [2.24, 2.45) is 17.8 Å². The maximum absolute atomic E-state index is 6.71. The van der Waals surface area contributed by atoms with Crippen LogP contribution < -0.4 is 4.52 Å². The summed E-state index contributed by atoms with van der Waals surface area (Å²) in [5, 5.41) is 6.91. The lowest BCUT2D eigenvalue weighted by Gasteiger charge is -2.35. The van der Waals surface area contributed by atoms with Crippen LogP contribution in [0.5, 0.6) is 0 Å². The molecule has 0 saturated heterocycles. The quantitative estimate of drug-likeness (QED) is 0.263. The summed E-state index contributed by atoms with van der Waals surface area (Å²) in [7, 11) is -1.58. The first kappa shape index (κ1) is 21.8. The molecule has 3 atom stereocenters. The van der Waals surface area contributed by atoms with Crippen LogP contribution in [0.2, 0.25) is 0 Å². The fourth-order valence-corrected chi connectivity index (χ4v) is 6.95. The largest absolute Gasteiger partial charge is 0.399 e. The topological polar surface area (TPSA) is 35.5 Å². The molecule has 174 valence electrons. The van der Waals surface area contributed by atoms with Gasteiger partial charge in [0.05, 0.1) is 6.10 Å². The molecule has 3 nitrogen and oxygen atoms in total. The molecule has 0 bridgehead atoms. The van der Waals surface area contributed by atoms with Gasteiger partial charge in [-0.3, -0.25) is 4.52 Å². The minimum absolute atomic E-state index is 0.153. The van der Waals surface area contributed by atoms with Crippen molar-refractivity contribution in [3.63, 3.8) is 0 Å². The Bertz CT molecular complexity index is 1440. The predicted molar refractivity (Wildman–Crippen MR) is 143 cm³/mol. The lowest BCUT2D eigenvalue weighted by molar-refractivity contribution is 0.0746. The summed E-state index contributed by atoms with van der Waals surface area (Å²) >= 11 is 0. The standard InChI is InChI=1S/C30H31O3P/c1-19(2)23-15-12-20(3)18-28(23)33-34-31-26-16-13-21-8-4-6-10-24(21)29(26)30-25-11-7-5-9-22(25)14-17-27(30)32-34/h4-11,13-14,16-17,19-20,23,28H,12,15,18H2,1-3H3/t20-,23-,28+/m1/s1. The lowest BCUT2D eigenvalue weighted by Crippen LogP contribution is -2.35. The van der Waals surface area contributed by atoms with Gasteiger partial charge in [-0.1, -0.05) is 87.9 Å². The maximum Gasteiger partial charge on any atom is 0.387 e. The van der Waals surface area contributed by atoms with Crippen molar-refractivity contribution in [3.8, 4) is 0 Å². The molecule has 0 aliphatic heterocycles. The molecule has 5 aromatic rings. The molecule has 1 saturated carbocycles. The number of hydrogen-bond donors (Lipinski definition) is 0. The fourth-order valence-electron chi connectivity index (χ4n) is 5.74. The van der Waals surface area contributed by atoms with E-state index in [9.17, 15) is 0 Å². The van der Waals surface area contributed by atoms with Crippen LogP contribution in [0, 0.1) is 17.8 Å². The van der Waals surface area contributed by atoms with E-state index in [0.29, 0.717) is 17.8 Å². The lowest BCUT2D eigenvalue weighted by atomic mass is 9.75. The highest BCUT2D eigenvalue weighted by molar-refractivity contribution is 7.31. The molecule has 1 aromatic heterocycles. The highest BCUT2D eigenvalue weighted by atomic mass is 31.1. The second-order valence-electron chi connectivity index (χ2n) is 10.2. The molecule has 1 aliphatic rings. The summed E-state index contributed by atoms with van der Waals surface area (Å²) in [4.78, 5) is 0. The van der Waals surface area contributed by atoms with Crippen molar-refractivity contribution in [2.75, 3.05) is 0 Å². The number of hydrogen-bond acceptors (Lipinski definition) is 3. The zero-order valence-electron chi connectivity index (χ0n) is 20.0. The zero-order valence-corrected chi connectivity index (χ0v) is 20.9.